The predicted molar refractivity (Wildman–Crippen MR) is 107 cm³/mol. The first-order chi connectivity index (χ1) is 13.5. The van der Waals surface area contributed by atoms with Gasteiger partial charge in [0.2, 0.25) is 5.88 Å². The molecular weight excluding hydrogens is 356 g/mol. The molecule has 28 heavy (non-hydrogen) atoms. The molecule has 0 unspecified atom stereocenters. The number of methoxy groups -OCH3 is 2. The maximum Gasteiger partial charge on any atom is 0.272 e. The molecule has 1 aliphatic rings. The van der Waals surface area contributed by atoms with Crippen molar-refractivity contribution < 1.29 is 9.47 Å². The maximum atomic E-state index is 13.0. The van der Waals surface area contributed by atoms with E-state index in [1.54, 1.807) is 27.3 Å². The summed E-state index contributed by atoms with van der Waals surface area (Å²) in [4.78, 5) is 26.7. The summed E-state index contributed by atoms with van der Waals surface area (Å²) in [6.07, 6.45) is 3.95. The van der Waals surface area contributed by atoms with Crippen molar-refractivity contribution >= 4 is 11.0 Å². The van der Waals surface area contributed by atoms with Gasteiger partial charge in [-0.05, 0) is 44.7 Å². The molecule has 3 heterocycles. The van der Waals surface area contributed by atoms with Crippen molar-refractivity contribution in [1.82, 2.24) is 19.5 Å². The third kappa shape index (κ3) is 3.16. The Balaban J connectivity index is 1.97. The Hall–Kier alpha value is -2.80. The Labute approximate surface area is 163 Å². The number of rotatable bonds is 6. The van der Waals surface area contributed by atoms with Crippen LogP contribution in [0.15, 0.2) is 29.2 Å². The zero-order valence-corrected chi connectivity index (χ0v) is 16.6. The second-order valence-corrected chi connectivity index (χ2v) is 7.25. The van der Waals surface area contributed by atoms with Crippen LogP contribution in [0, 0.1) is 19.8 Å². The molecule has 0 radical (unpaired) electrons. The molecule has 4 rings (SSSR count). The van der Waals surface area contributed by atoms with Crippen LogP contribution < -0.4 is 10.3 Å². The Morgan fingerprint density at radius 2 is 1.93 bits per heavy atom. The van der Waals surface area contributed by atoms with Crippen LogP contribution in [0.5, 0.6) is 5.88 Å². The van der Waals surface area contributed by atoms with E-state index in [2.05, 4.69) is 15.0 Å². The maximum absolute atomic E-state index is 13.0. The monoisotopic (exact) mass is 380 g/mol. The SMILES string of the molecule is COC[C@H](C1CC1)n1c(=O)c(C)nc2c(-c3ccc(OC)nc3C)nccc21. The van der Waals surface area contributed by atoms with Gasteiger partial charge >= 0.3 is 0 Å². The summed E-state index contributed by atoms with van der Waals surface area (Å²) >= 11 is 0. The fourth-order valence-electron chi connectivity index (χ4n) is 3.75. The number of hydrogen-bond donors (Lipinski definition) is 0. The average Bonchev–Trinajstić information content (AvgIpc) is 3.53. The van der Waals surface area contributed by atoms with Gasteiger partial charge in [-0.15, -0.1) is 0 Å². The van der Waals surface area contributed by atoms with Crippen LogP contribution >= 0.6 is 0 Å². The molecule has 0 N–H and O–H groups in total. The number of hydrogen-bond acceptors (Lipinski definition) is 6. The van der Waals surface area contributed by atoms with Crippen LogP contribution in [0.25, 0.3) is 22.3 Å². The molecule has 0 bridgehead atoms. The number of ether oxygens (including phenoxy) is 2. The minimum Gasteiger partial charge on any atom is -0.481 e. The third-order valence-electron chi connectivity index (χ3n) is 5.33. The lowest BCUT2D eigenvalue weighted by atomic mass is 10.1. The standard InChI is InChI=1S/C21H24N4O3/c1-12-15(7-8-18(23-12)28-4)19-20-16(9-10-22-19)25(21(26)13(2)24-20)17(11-27-3)14-5-6-14/h7-10,14,17H,5-6,11H2,1-4H3/t17-/m1/s1. The molecular formula is C21H24N4O3. The summed E-state index contributed by atoms with van der Waals surface area (Å²) in [7, 11) is 3.27. The predicted octanol–water partition coefficient (Wildman–Crippen LogP) is 3.08. The van der Waals surface area contributed by atoms with Gasteiger partial charge in [0.1, 0.15) is 11.2 Å². The lowest BCUT2D eigenvalue weighted by Crippen LogP contribution is -2.31. The molecule has 0 spiro atoms. The number of fused-ring (bicyclic) bond motifs is 1. The zero-order valence-electron chi connectivity index (χ0n) is 16.6. The van der Waals surface area contributed by atoms with Gasteiger partial charge in [0.15, 0.2) is 0 Å². The third-order valence-corrected chi connectivity index (χ3v) is 5.33. The van der Waals surface area contributed by atoms with Crippen LogP contribution in [0.3, 0.4) is 0 Å². The normalized spacial score (nSPS) is 15.0. The van der Waals surface area contributed by atoms with Gasteiger partial charge in [-0.2, -0.15) is 0 Å². The van der Waals surface area contributed by atoms with Crippen molar-refractivity contribution in [2.75, 3.05) is 20.8 Å². The molecule has 1 atom stereocenters. The van der Waals surface area contributed by atoms with Crippen LogP contribution in [0.1, 0.15) is 30.3 Å². The van der Waals surface area contributed by atoms with Gasteiger partial charge < -0.3 is 9.47 Å². The van der Waals surface area contributed by atoms with E-state index in [1.165, 1.54) is 0 Å². The molecule has 7 nitrogen and oxygen atoms in total. The molecule has 146 valence electrons. The van der Waals surface area contributed by atoms with Crippen LogP contribution in [-0.4, -0.2) is 40.3 Å². The van der Waals surface area contributed by atoms with Gasteiger partial charge in [0.25, 0.3) is 5.56 Å². The van der Waals surface area contributed by atoms with Crippen molar-refractivity contribution in [3.8, 4) is 17.1 Å². The first kappa shape index (κ1) is 18.6. The number of pyridine rings is 2. The van der Waals surface area contributed by atoms with E-state index in [-0.39, 0.29) is 11.6 Å². The Bertz CT molecular complexity index is 1090. The Kier molecular flexibility index (Phi) is 4.85. The molecule has 3 aromatic rings. The van der Waals surface area contributed by atoms with Gasteiger partial charge in [-0.3, -0.25) is 14.3 Å². The van der Waals surface area contributed by atoms with E-state index in [0.29, 0.717) is 35.3 Å². The Morgan fingerprint density at radius 3 is 2.57 bits per heavy atom. The van der Waals surface area contributed by atoms with Crippen molar-refractivity contribution in [2.24, 2.45) is 5.92 Å². The van der Waals surface area contributed by atoms with Gasteiger partial charge in [0.05, 0.1) is 36.7 Å². The fraction of sp³-hybridized carbons (Fsp3) is 0.429. The molecule has 3 aromatic heterocycles. The second kappa shape index (κ2) is 7.31. The van der Waals surface area contributed by atoms with Crippen LogP contribution in [0.4, 0.5) is 0 Å². The minimum atomic E-state index is -0.0665. The summed E-state index contributed by atoms with van der Waals surface area (Å²) in [5.74, 6) is 1.01. The molecule has 0 amide bonds. The van der Waals surface area contributed by atoms with Crippen molar-refractivity contribution in [3.63, 3.8) is 0 Å². The van der Waals surface area contributed by atoms with Crippen LogP contribution in [0.2, 0.25) is 0 Å². The van der Waals surface area contributed by atoms with E-state index >= 15 is 0 Å². The first-order valence-corrected chi connectivity index (χ1v) is 9.44. The summed E-state index contributed by atoms with van der Waals surface area (Å²) in [6.45, 7) is 4.17. The highest BCUT2D eigenvalue weighted by Gasteiger charge is 2.34. The van der Waals surface area contributed by atoms with Crippen molar-refractivity contribution in [1.29, 1.82) is 0 Å². The molecule has 0 saturated heterocycles. The Morgan fingerprint density at radius 1 is 1.14 bits per heavy atom. The van der Waals surface area contributed by atoms with Crippen molar-refractivity contribution in [2.45, 2.75) is 32.7 Å². The summed E-state index contributed by atoms with van der Waals surface area (Å²) in [5.41, 5.74) is 4.27. The lowest BCUT2D eigenvalue weighted by Gasteiger charge is -2.22. The minimum absolute atomic E-state index is 0.00652. The van der Waals surface area contributed by atoms with E-state index in [9.17, 15) is 4.79 Å². The summed E-state index contributed by atoms with van der Waals surface area (Å²) in [5, 5.41) is 0. The first-order valence-electron chi connectivity index (χ1n) is 9.44. The highest BCUT2D eigenvalue weighted by Crippen LogP contribution is 2.40. The van der Waals surface area contributed by atoms with E-state index in [1.807, 2.05) is 29.7 Å². The lowest BCUT2D eigenvalue weighted by molar-refractivity contribution is 0.145. The molecule has 0 aromatic carbocycles. The number of nitrogens with zero attached hydrogens (tertiary/aromatic N) is 4. The average molecular weight is 380 g/mol. The second-order valence-electron chi connectivity index (χ2n) is 7.25. The molecule has 7 heteroatoms. The largest absolute Gasteiger partial charge is 0.481 e. The number of aryl methyl sites for hydroxylation is 2. The van der Waals surface area contributed by atoms with E-state index < -0.39 is 0 Å². The van der Waals surface area contributed by atoms with Crippen LogP contribution in [-0.2, 0) is 4.74 Å². The molecule has 1 fully saturated rings. The number of aromatic nitrogens is 4. The fourth-order valence-corrected chi connectivity index (χ4v) is 3.75. The smallest absolute Gasteiger partial charge is 0.272 e. The topological polar surface area (TPSA) is 79.1 Å². The molecule has 1 saturated carbocycles. The molecule has 1 aliphatic carbocycles. The van der Waals surface area contributed by atoms with Gasteiger partial charge in [-0.25, -0.2) is 9.97 Å². The van der Waals surface area contributed by atoms with E-state index in [4.69, 9.17) is 9.47 Å². The highest BCUT2D eigenvalue weighted by molar-refractivity contribution is 5.90. The van der Waals surface area contributed by atoms with Crippen molar-refractivity contribution in [3.05, 3.63) is 46.1 Å². The molecule has 0 aliphatic heterocycles. The van der Waals surface area contributed by atoms with Gasteiger partial charge in [-0.1, -0.05) is 0 Å². The zero-order chi connectivity index (χ0) is 19.8. The summed E-state index contributed by atoms with van der Waals surface area (Å²) < 4.78 is 12.5. The summed E-state index contributed by atoms with van der Waals surface area (Å²) in [6, 6.07) is 5.61. The quantitative estimate of drug-likeness (QED) is 0.654. The van der Waals surface area contributed by atoms with E-state index in [0.717, 1.165) is 29.6 Å². The van der Waals surface area contributed by atoms with Gasteiger partial charge in [0, 0.05) is 24.9 Å². The highest BCUT2D eigenvalue weighted by atomic mass is 16.5.